The standard InChI is InChI=1S/C18H23Cl2NO2/c1-17(2,13-4-5-14(19)15(20)12-13)16(22)21-9-8-18(6-3-7-18)23-11-10-21/h4-5,12H,3,6-11H2,1-2H3. The smallest absolute Gasteiger partial charge is 0.232 e. The van der Waals surface area contributed by atoms with Crippen molar-refractivity contribution in [2.75, 3.05) is 19.7 Å². The Morgan fingerprint density at radius 1 is 1.17 bits per heavy atom. The van der Waals surface area contributed by atoms with Crippen molar-refractivity contribution in [1.29, 1.82) is 0 Å². The number of carbonyl (C=O) groups is 1. The van der Waals surface area contributed by atoms with Gasteiger partial charge in [-0.1, -0.05) is 29.3 Å². The quantitative estimate of drug-likeness (QED) is 0.784. The number of benzene rings is 1. The SMILES string of the molecule is CC(C)(C(=O)N1CCOC2(CCC2)CC1)c1ccc(Cl)c(Cl)c1. The van der Waals surface area contributed by atoms with E-state index in [1.165, 1.54) is 6.42 Å². The number of rotatable bonds is 2. The highest BCUT2D eigenvalue weighted by molar-refractivity contribution is 6.42. The maximum atomic E-state index is 13.1. The van der Waals surface area contributed by atoms with Gasteiger partial charge in [0.15, 0.2) is 0 Å². The topological polar surface area (TPSA) is 29.5 Å². The third kappa shape index (κ3) is 3.24. The second-order valence-corrected chi connectivity index (χ2v) is 8.00. The number of nitrogens with zero attached hydrogens (tertiary/aromatic N) is 1. The molecule has 0 bridgehead atoms. The maximum Gasteiger partial charge on any atom is 0.232 e. The summed E-state index contributed by atoms with van der Waals surface area (Å²) in [5.41, 5.74) is 0.300. The van der Waals surface area contributed by atoms with Gasteiger partial charge in [-0.25, -0.2) is 0 Å². The van der Waals surface area contributed by atoms with Gasteiger partial charge in [-0.3, -0.25) is 4.79 Å². The predicted molar refractivity (Wildman–Crippen MR) is 93.2 cm³/mol. The summed E-state index contributed by atoms with van der Waals surface area (Å²) < 4.78 is 6.03. The first kappa shape index (κ1) is 17.1. The van der Waals surface area contributed by atoms with E-state index < -0.39 is 5.41 Å². The van der Waals surface area contributed by atoms with Crippen LogP contribution in [0.25, 0.3) is 0 Å². The van der Waals surface area contributed by atoms with E-state index in [-0.39, 0.29) is 11.5 Å². The molecule has 1 saturated heterocycles. The van der Waals surface area contributed by atoms with Gasteiger partial charge in [-0.15, -0.1) is 0 Å². The summed E-state index contributed by atoms with van der Waals surface area (Å²) in [6.07, 6.45) is 4.44. The average molecular weight is 356 g/mol. The number of ether oxygens (including phenoxy) is 1. The lowest BCUT2D eigenvalue weighted by Gasteiger charge is -2.40. The molecule has 0 N–H and O–H groups in total. The van der Waals surface area contributed by atoms with E-state index in [1.807, 2.05) is 24.8 Å². The highest BCUT2D eigenvalue weighted by atomic mass is 35.5. The minimum Gasteiger partial charge on any atom is -0.373 e. The molecule has 23 heavy (non-hydrogen) atoms. The second kappa shape index (κ2) is 6.27. The lowest BCUT2D eigenvalue weighted by molar-refractivity contribution is -0.136. The first-order valence-electron chi connectivity index (χ1n) is 8.23. The van der Waals surface area contributed by atoms with Crippen LogP contribution in [-0.2, 0) is 14.9 Å². The molecule has 1 aliphatic carbocycles. The Bertz CT molecular complexity index is 611. The van der Waals surface area contributed by atoms with Crippen molar-refractivity contribution in [1.82, 2.24) is 4.90 Å². The summed E-state index contributed by atoms with van der Waals surface area (Å²) in [5, 5.41) is 0.992. The monoisotopic (exact) mass is 355 g/mol. The number of hydrogen-bond acceptors (Lipinski definition) is 2. The molecule has 1 heterocycles. The normalized spacial score (nSPS) is 21.0. The summed E-state index contributed by atoms with van der Waals surface area (Å²) in [6.45, 7) is 5.94. The molecule has 1 aromatic rings. The molecule has 0 radical (unpaired) electrons. The van der Waals surface area contributed by atoms with E-state index in [1.54, 1.807) is 12.1 Å². The maximum absolute atomic E-state index is 13.1. The van der Waals surface area contributed by atoms with Crippen LogP contribution in [0.3, 0.4) is 0 Å². The van der Waals surface area contributed by atoms with Crippen LogP contribution in [0.15, 0.2) is 18.2 Å². The lowest BCUT2D eigenvalue weighted by atomic mass is 9.77. The van der Waals surface area contributed by atoms with Crippen molar-refractivity contribution >= 4 is 29.1 Å². The highest BCUT2D eigenvalue weighted by Crippen LogP contribution is 2.40. The van der Waals surface area contributed by atoms with Gasteiger partial charge in [0, 0.05) is 13.1 Å². The van der Waals surface area contributed by atoms with E-state index in [4.69, 9.17) is 27.9 Å². The van der Waals surface area contributed by atoms with E-state index >= 15 is 0 Å². The molecule has 1 spiro atoms. The van der Waals surface area contributed by atoms with Crippen molar-refractivity contribution in [3.05, 3.63) is 33.8 Å². The molecule has 3 rings (SSSR count). The van der Waals surface area contributed by atoms with Crippen LogP contribution < -0.4 is 0 Å². The predicted octanol–water partition coefficient (Wildman–Crippen LogP) is 4.44. The Balaban J connectivity index is 1.76. The Labute approximate surface area is 147 Å². The van der Waals surface area contributed by atoms with Crippen molar-refractivity contribution in [3.63, 3.8) is 0 Å². The number of hydrogen-bond donors (Lipinski definition) is 0. The van der Waals surface area contributed by atoms with Gasteiger partial charge in [0.05, 0.1) is 27.7 Å². The molecule has 3 nitrogen and oxygen atoms in total. The van der Waals surface area contributed by atoms with Crippen molar-refractivity contribution in [2.24, 2.45) is 0 Å². The van der Waals surface area contributed by atoms with E-state index in [0.717, 1.165) is 31.4 Å². The Hall–Kier alpha value is -0.770. The van der Waals surface area contributed by atoms with Crippen molar-refractivity contribution in [2.45, 2.75) is 50.5 Å². The zero-order valence-electron chi connectivity index (χ0n) is 13.7. The zero-order chi connectivity index (χ0) is 16.7. The third-order valence-corrected chi connectivity index (χ3v) is 6.07. The van der Waals surface area contributed by atoms with Crippen molar-refractivity contribution < 1.29 is 9.53 Å². The molecule has 2 aliphatic rings. The Kier molecular flexibility index (Phi) is 4.65. The molecule has 0 atom stereocenters. The summed E-state index contributed by atoms with van der Waals surface area (Å²) >= 11 is 12.1. The van der Waals surface area contributed by atoms with Crippen LogP contribution in [0.4, 0.5) is 0 Å². The van der Waals surface area contributed by atoms with Gasteiger partial charge in [-0.2, -0.15) is 0 Å². The molecule has 1 aromatic carbocycles. The van der Waals surface area contributed by atoms with E-state index in [2.05, 4.69) is 0 Å². The van der Waals surface area contributed by atoms with Crippen LogP contribution in [0.5, 0.6) is 0 Å². The highest BCUT2D eigenvalue weighted by Gasteiger charge is 2.42. The molecule has 1 amide bonds. The summed E-state index contributed by atoms with van der Waals surface area (Å²) in [5.74, 6) is 0.121. The minimum atomic E-state index is -0.634. The molecule has 5 heteroatoms. The van der Waals surface area contributed by atoms with Gasteiger partial charge in [0.2, 0.25) is 5.91 Å². The fourth-order valence-corrected chi connectivity index (χ4v) is 3.77. The molecule has 0 unspecified atom stereocenters. The molecule has 1 aliphatic heterocycles. The Morgan fingerprint density at radius 3 is 2.52 bits per heavy atom. The summed E-state index contributed by atoms with van der Waals surface area (Å²) in [4.78, 5) is 15.0. The van der Waals surface area contributed by atoms with Gasteiger partial charge >= 0.3 is 0 Å². The molecule has 126 valence electrons. The first-order chi connectivity index (χ1) is 10.8. The Morgan fingerprint density at radius 2 is 1.91 bits per heavy atom. The fourth-order valence-electron chi connectivity index (χ4n) is 3.47. The van der Waals surface area contributed by atoms with E-state index in [0.29, 0.717) is 23.2 Å². The van der Waals surface area contributed by atoms with Crippen LogP contribution >= 0.6 is 23.2 Å². The molecule has 1 saturated carbocycles. The fraction of sp³-hybridized carbons (Fsp3) is 0.611. The summed E-state index contributed by atoms with van der Waals surface area (Å²) in [6, 6.07) is 5.43. The van der Waals surface area contributed by atoms with Gasteiger partial charge in [0.25, 0.3) is 0 Å². The average Bonchev–Trinajstić information content (AvgIpc) is 2.71. The second-order valence-electron chi connectivity index (χ2n) is 7.18. The third-order valence-electron chi connectivity index (χ3n) is 5.33. The number of amides is 1. The summed E-state index contributed by atoms with van der Waals surface area (Å²) in [7, 11) is 0. The van der Waals surface area contributed by atoms with Crippen LogP contribution in [0.2, 0.25) is 10.0 Å². The van der Waals surface area contributed by atoms with Crippen molar-refractivity contribution in [3.8, 4) is 0 Å². The van der Waals surface area contributed by atoms with Gasteiger partial charge in [0.1, 0.15) is 0 Å². The first-order valence-corrected chi connectivity index (χ1v) is 8.99. The van der Waals surface area contributed by atoms with Crippen LogP contribution in [-0.4, -0.2) is 36.1 Å². The number of halogens is 2. The number of carbonyl (C=O) groups excluding carboxylic acids is 1. The van der Waals surface area contributed by atoms with Crippen LogP contribution in [0, 0.1) is 0 Å². The largest absolute Gasteiger partial charge is 0.373 e. The molecular weight excluding hydrogens is 333 g/mol. The van der Waals surface area contributed by atoms with Crippen LogP contribution in [0.1, 0.15) is 45.1 Å². The zero-order valence-corrected chi connectivity index (χ0v) is 15.2. The minimum absolute atomic E-state index is 0.0444. The van der Waals surface area contributed by atoms with Gasteiger partial charge in [-0.05, 0) is 57.2 Å². The molecule has 0 aromatic heterocycles. The molecular formula is C18H23Cl2NO2. The molecule has 2 fully saturated rings. The van der Waals surface area contributed by atoms with E-state index in [9.17, 15) is 4.79 Å². The van der Waals surface area contributed by atoms with Gasteiger partial charge < -0.3 is 9.64 Å². The lowest BCUT2D eigenvalue weighted by Crippen LogP contribution is -2.45.